The maximum Gasteiger partial charge on any atom is 0.301 e. The Morgan fingerprint density at radius 2 is 1.76 bits per heavy atom. The monoisotopic (exact) mass is 586 g/mol. The van der Waals surface area contributed by atoms with Crippen LogP contribution in [0.3, 0.4) is 0 Å². The van der Waals surface area contributed by atoms with E-state index >= 15 is 0 Å². The van der Waals surface area contributed by atoms with Crippen LogP contribution in [0.4, 0.5) is 5.13 Å². The van der Waals surface area contributed by atoms with Crippen molar-refractivity contribution in [1.29, 1.82) is 0 Å². The van der Waals surface area contributed by atoms with Crippen molar-refractivity contribution in [3.05, 3.63) is 82.9 Å². The lowest BCUT2D eigenvalue weighted by molar-refractivity contribution is -0.132. The number of methoxy groups -OCH3 is 1. The van der Waals surface area contributed by atoms with Crippen LogP contribution in [0.2, 0.25) is 0 Å². The lowest BCUT2D eigenvalue weighted by atomic mass is 9.95. The Kier molecular flexibility index (Phi) is 8.77. The smallest absolute Gasteiger partial charge is 0.301 e. The van der Waals surface area contributed by atoms with E-state index in [1.807, 2.05) is 32.0 Å². The van der Waals surface area contributed by atoms with Gasteiger partial charge in [0.1, 0.15) is 11.5 Å². The van der Waals surface area contributed by atoms with Crippen LogP contribution in [0.15, 0.2) is 66.2 Å². The van der Waals surface area contributed by atoms with Crippen LogP contribution in [0.5, 0.6) is 17.2 Å². The number of unbranched alkanes of at least 4 members (excludes halogenated alkanes) is 2. The van der Waals surface area contributed by atoms with Gasteiger partial charge in [0.15, 0.2) is 16.6 Å². The zero-order valence-corrected chi connectivity index (χ0v) is 25.0. The van der Waals surface area contributed by atoms with E-state index in [9.17, 15) is 14.7 Å². The zero-order chi connectivity index (χ0) is 29.8. The maximum atomic E-state index is 13.7. The molecule has 1 fully saturated rings. The van der Waals surface area contributed by atoms with Gasteiger partial charge in [-0.25, -0.2) is 4.98 Å². The number of amides is 1. The van der Waals surface area contributed by atoms with Gasteiger partial charge in [-0.3, -0.25) is 14.5 Å². The average Bonchev–Trinajstić information content (AvgIpc) is 3.52. The summed E-state index contributed by atoms with van der Waals surface area (Å²) in [5.74, 6) is -0.163. The highest BCUT2D eigenvalue weighted by Crippen LogP contribution is 2.46. The number of fused-ring (bicyclic) bond motifs is 1. The van der Waals surface area contributed by atoms with Crippen molar-refractivity contribution >= 4 is 44.1 Å². The second-order valence-electron chi connectivity index (χ2n) is 10.1. The summed E-state index contributed by atoms with van der Waals surface area (Å²) < 4.78 is 18.0. The van der Waals surface area contributed by atoms with Crippen molar-refractivity contribution in [1.82, 2.24) is 4.98 Å². The van der Waals surface area contributed by atoms with Crippen LogP contribution in [0, 0.1) is 6.92 Å². The van der Waals surface area contributed by atoms with Gasteiger partial charge in [0.05, 0.1) is 42.2 Å². The Hall–Kier alpha value is -4.37. The fourth-order valence-corrected chi connectivity index (χ4v) is 6.10. The summed E-state index contributed by atoms with van der Waals surface area (Å²) in [4.78, 5) is 33.4. The number of ether oxygens (including phenoxy) is 3. The number of aryl methyl sites for hydroxylation is 1. The molecule has 1 atom stereocenters. The van der Waals surface area contributed by atoms with Crippen LogP contribution < -0.4 is 19.1 Å². The minimum Gasteiger partial charge on any atom is -0.507 e. The second-order valence-corrected chi connectivity index (χ2v) is 11.1. The number of aromatic nitrogens is 1. The van der Waals surface area contributed by atoms with Crippen molar-refractivity contribution in [3.8, 4) is 17.2 Å². The molecule has 1 unspecified atom stereocenters. The average molecular weight is 587 g/mol. The highest BCUT2D eigenvalue weighted by Gasteiger charge is 2.48. The van der Waals surface area contributed by atoms with Gasteiger partial charge >= 0.3 is 5.91 Å². The summed E-state index contributed by atoms with van der Waals surface area (Å²) in [5.41, 5.74) is 2.73. The maximum absolute atomic E-state index is 13.7. The molecule has 1 amide bonds. The molecule has 5 rings (SSSR count). The number of benzene rings is 3. The lowest BCUT2D eigenvalue weighted by Gasteiger charge is -2.24. The third kappa shape index (κ3) is 5.69. The Balaban J connectivity index is 1.63. The molecule has 8 nitrogen and oxygen atoms in total. The molecule has 1 aliphatic rings. The van der Waals surface area contributed by atoms with Crippen LogP contribution in [0.25, 0.3) is 16.0 Å². The molecule has 1 N–H and O–H groups in total. The topological polar surface area (TPSA) is 98.2 Å². The van der Waals surface area contributed by atoms with E-state index in [-0.39, 0.29) is 11.3 Å². The van der Waals surface area contributed by atoms with Crippen molar-refractivity contribution in [2.45, 2.75) is 46.1 Å². The minimum absolute atomic E-state index is 0.0294. The number of rotatable bonds is 11. The number of aliphatic hydroxyl groups excluding tert-OH is 1. The molecule has 1 saturated heterocycles. The highest BCUT2D eigenvalue weighted by atomic mass is 32.1. The number of Topliss-reactive ketones (excluding diaryl/α,β-unsaturated/α-hetero) is 1. The Morgan fingerprint density at radius 1 is 0.976 bits per heavy atom. The van der Waals surface area contributed by atoms with Crippen molar-refractivity contribution in [2.24, 2.45) is 0 Å². The van der Waals surface area contributed by atoms with E-state index in [1.54, 1.807) is 49.6 Å². The standard InChI is InChI=1S/C33H34N2O6S/c1-5-7-8-17-41-25-16-12-22(19-26(25)39-4)29-28(30(36)21-10-13-23(14-11-21)40-6-2)31(37)32(38)35(29)33-34-24-15-9-20(3)18-27(24)42-33/h9-16,18-19,29,36H,5-8,17H2,1-4H3. The van der Waals surface area contributed by atoms with Gasteiger partial charge in [0.25, 0.3) is 5.78 Å². The number of carbonyl (C=O) groups is 2. The number of ketones is 1. The summed E-state index contributed by atoms with van der Waals surface area (Å²) in [6, 6.07) is 17.0. The summed E-state index contributed by atoms with van der Waals surface area (Å²) in [6.07, 6.45) is 3.06. The third-order valence-electron chi connectivity index (χ3n) is 7.13. The molecule has 0 spiro atoms. The lowest BCUT2D eigenvalue weighted by Crippen LogP contribution is -2.29. The fourth-order valence-electron chi connectivity index (χ4n) is 5.01. The summed E-state index contributed by atoms with van der Waals surface area (Å²) in [5, 5.41) is 11.9. The molecule has 0 bridgehead atoms. The summed E-state index contributed by atoms with van der Waals surface area (Å²) >= 11 is 1.32. The van der Waals surface area contributed by atoms with Crippen molar-refractivity contribution < 1.29 is 28.9 Å². The molecule has 1 aromatic heterocycles. The molecule has 4 aromatic rings. The van der Waals surface area contributed by atoms with Gasteiger partial charge in [-0.05, 0) is 79.9 Å². The molecule has 218 valence electrons. The van der Waals surface area contributed by atoms with E-state index in [0.29, 0.717) is 46.7 Å². The number of hydrogen-bond acceptors (Lipinski definition) is 8. The summed E-state index contributed by atoms with van der Waals surface area (Å²) in [6.45, 7) is 7.05. The van der Waals surface area contributed by atoms with Crippen LogP contribution in [0.1, 0.15) is 55.8 Å². The Labute approximate surface area is 249 Å². The predicted octanol–water partition coefficient (Wildman–Crippen LogP) is 7.21. The molecule has 0 aliphatic carbocycles. The quantitative estimate of drug-likeness (QED) is 0.0858. The predicted molar refractivity (Wildman–Crippen MR) is 165 cm³/mol. The molecular formula is C33H34N2O6S. The SMILES string of the molecule is CCCCCOc1ccc(C2C(=C(O)c3ccc(OCC)cc3)C(=O)C(=O)N2c2nc3ccc(C)cc3s2)cc1OC. The normalized spacial score (nSPS) is 16.3. The van der Waals surface area contributed by atoms with Crippen LogP contribution >= 0.6 is 11.3 Å². The Morgan fingerprint density at radius 3 is 2.48 bits per heavy atom. The third-order valence-corrected chi connectivity index (χ3v) is 8.15. The molecule has 0 saturated carbocycles. The number of nitrogens with zero attached hydrogens (tertiary/aromatic N) is 2. The van der Waals surface area contributed by atoms with E-state index in [4.69, 9.17) is 19.2 Å². The molecule has 1 aliphatic heterocycles. The van der Waals surface area contributed by atoms with Gasteiger partial charge in [-0.15, -0.1) is 0 Å². The molecule has 2 heterocycles. The number of thiazole rings is 1. The molecule has 9 heteroatoms. The number of carbonyl (C=O) groups excluding carboxylic acids is 2. The van der Waals surface area contributed by atoms with Crippen LogP contribution in [-0.2, 0) is 9.59 Å². The van der Waals surface area contributed by atoms with Gasteiger partial charge in [0.2, 0.25) is 0 Å². The number of anilines is 1. The number of aliphatic hydroxyl groups is 1. The second kappa shape index (κ2) is 12.7. The fraction of sp³-hybridized carbons (Fsp3) is 0.303. The molecule has 3 aromatic carbocycles. The summed E-state index contributed by atoms with van der Waals surface area (Å²) in [7, 11) is 1.55. The van der Waals surface area contributed by atoms with E-state index < -0.39 is 17.7 Å². The van der Waals surface area contributed by atoms with Crippen molar-refractivity contribution in [2.75, 3.05) is 25.2 Å². The molecular weight excluding hydrogens is 552 g/mol. The zero-order valence-electron chi connectivity index (χ0n) is 24.2. The van der Waals surface area contributed by atoms with Gasteiger partial charge in [-0.1, -0.05) is 43.2 Å². The van der Waals surface area contributed by atoms with Gasteiger partial charge in [0, 0.05) is 5.56 Å². The first kappa shape index (κ1) is 29.1. The van der Waals surface area contributed by atoms with Crippen molar-refractivity contribution in [3.63, 3.8) is 0 Å². The number of hydrogen-bond donors (Lipinski definition) is 1. The van der Waals surface area contributed by atoms with E-state index in [0.717, 1.165) is 35.0 Å². The first-order chi connectivity index (χ1) is 20.4. The minimum atomic E-state index is -0.943. The Bertz CT molecular complexity index is 1640. The first-order valence-electron chi connectivity index (χ1n) is 14.1. The largest absolute Gasteiger partial charge is 0.507 e. The molecule has 42 heavy (non-hydrogen) atoms. The van der Waals surface area contributed by atoms with Gasteiger partial charge < -0.3 is 19.3 Å². The van der Waals surface area contributed by atoms with E-state index in [2.05, 4.69) is 6.92 Å². The van der Waals surface area contributed by atoms with E-state index in [1.165, 1.54) is 16.2 Å². The highest BCUT2D eigenvalue weighted by molar-refractivity contribution is 7.22. The van der Waals surface area contributed by atoms with Crippen LogP contribution in [-0.4, -0.2) is 42.1 Å². The van der Waals surface area contributed by atoms with Gasteiger partial charge in [-0.2, -0.15) is 0 Å². The molecule has 0 radical (unpaired) electrons. The first-order valence-corrected chi connectivity index (χ1v) is 14.9.